The first kappa shape index (κ1) is 15.5. The summed E-state index contributed by atoms with van der Waals surface area (Å²) >= 11 is 6.35. The molecule has 2 N–H and O–H groups in total. The maximum atomic E-state index is 11.9. The number of nitrogens with zero attached hydrogens (tertiary/aromatic N) is 3. The lowest BCUT2D eigenvalue weighted by Crippen LogP contribution is -2.26. The molecular weight excluding hydrogens is 300 g/mol. The van der Waals surface area contributed by atoms with Crippen LogP contribution >= 0.6 is 11.6 Å². The zero-order chi connectivity index (χ0) is 15.7. The maximum Gasteiger partial charge on any atom is 0.250 e. The number of halogens is 1. The summed E-state index contributed by atoms with van der Waals surface area (Å²) in [5.74, 6) is 0.606. The molecule has 0 unspecified atom stereocenters. The van der Waals surface area contributed by atoms with Gasteiger partial charge in [-0.05, 0) is 43.5 Å². The molecule has 0 radical (unpaired) electrons. The fourth-order valence-electron chi connectivity index (χ4n) is 3.22. The van der Waals surface area contributed by atoms with Gasteiger partial charge in [0.25, 0.3) is 5.56 Å². The normalized spacial score (nSPS) is 19.1. The van der Waals surface area contributed by atoms with Crippen LogP contribution in [0, 0.1) is 5.92 Å². The summed E-state index contributed by atoms with van der Waals surface area (Å²) in [6, 6.07) is 3.30. The maximum absolute atomic E-state index is 11.9. The number of pyridine rings is 2. The van der Waals surface area contributed by atoms with Crippen LogP contribution < -0.4 is 11.3 Å². The summed E-state index contributed by atoms with van der Waals surface area (Å²) < 4.78 is 1.64. The van der Waals surface area contributed by atoms with Gasteiger partial charge in [-0.1, -0.05) is 11.6 Å². The molecule has 1 aliphatic heterocycles. The monoisotopic (exact) mass is 320 g/mol. The minimum atomic E-state index is -0.0396. The molecule has 1 saturated heterocycles. The first-order chi connectivity index (χ1) is 10.6. The van der Waals surface area contributed by atoms with E-state index in [0.717, 1.165) is 49.2 Å². The van der Waals surface area contributed by atoms with E-state index in [9.17, 15) is 4.79 Å². The van der Waals surface area contributed by atoms with E-state index in [2.05, 4.69) is 9.88 Å². The van der Waals surface area contributed by atoms with Gasteiger partial charge in [0.2, 0.25) is 0 Å². The number of hydrogen-bond acceptors (Lipinski definition) is 4. The Kier molecular flexibility index (Phi) is 4.47. The third-order valence-electron chi connectivity index (χ3n) is 4.56. The summed E-state index contributed by atoms with van der Waals surface area (Å²) in [6.07, 6.45) is 3.66. The van der Waals surface area contributed by atoms with E-state index < -0.39 is 0 Å². The van der Waals surface area contributed by atoms with Gasteiger partial charge in [-0.3, -0.25) is 9.78 Å². The van der Waals surface area contributed by atoms with Gasteiger partial charge in [0.15, 0.2) is 0 Å². The predicted octanol–water partition coefficient (Wildman–Crippen LogP) is 1.41. The van der Waals surface area contributed by atoms with Crippen LogP contribution in [-0.4, -0.2) is 40.6 Å². The lowest BCUT2D eigenvalue weighted by molar-refractivity contribution is 0.330. The molecule has 0 amide bonds. The SMILES string of the molecule is Cn1c(=O)ccc2ncc(Cl)c(CCN3CC[C@H](CN)C3)c21. The van der Waals surface area contributed by atoms with Crippen LogP contribution in [0.15, 0.2) is 23.1 Å². The second-order valence-electron chi connectivity index (χ2n) is 5.99. The Morgan fingerprint density at radius 2 is 2.27 bits per heavy atom. The highest BCUT2D eigenvalue weighted by molar-refractivity contribution is 6.32. The summed E-state index contributed by atoms with van der Waals surface area (Å²) in [5, 5.41) is 0.628. The zero-order valence-electron chi connectivity index (χ0n) is 12.8. The van der Waals surface area contributed by atoms with Crippen LogP contribution in [0.5, 0.6) is 0 Å². The van der Waals surface area contributed by atoms with Crippen molar-refractivity contribution in [1.29, 1.82) is 0 Å². The first-order valence-corrected chi connectivity index (χ1v) is 8.03. The number of hydrogen-bond donors (Lipinski definition) is 1. The topological polar surface area (TPSA) is 64.2 Å². The van der Waals surface area contributed by atoms with E-state index in [1.165, 1.54) is 6.42 Å². The molecule has 6 heteroatoms. The van der Waals surface area contributed by atoms with E-state index >= 15 is 0 Å². The molecule has 0 bridgehead atoms. The van der Waals surface area contributed by atoms with Gasteiger partial charge < -0.3 is 15.2 Å². The van der Waals surface area contributed by atoms with Crippen molar-refractivity contribution in [3.05, 3.63) is 39.3 Å². The molecule has 22 heavy (non-hydrogen) atoms. The van der Waals surface area contributed by atoms with E-state index in [-0.39, 0.29) is 5.56 Å². The Balaban J connectivity index is 1.88. The van der Waals surface area contributed by atoms with Gasteiger partial charge in [-0.25, -0.2) is 0 Å². The van der Waals surface area contributed by atoms with Crippen LogP contribution in [-0.2, 0) is 13.5 Å². The van der Waals surface area contributed by atoms with Crippen molar-refractivity contribution in [3.63, 3.8) is 0 Å². The highest BCUT2D eigenvalue weighted by Gasteiger charge is 2.21. The van der Waals surface area contributed by atoms with Gasteiger partial charge in [-0.2, -0.15) is 0 Å². The standard InChI is InChI=1S/C16H21ClN4O/c1-20-15(22)3-2-14-16(20)12(13(17)9-19-14)5-7-21-6-4-11(8-18)10-21/h2-3,9,11H,4-8,10,18H2,1H3/t11-/m1/s1. The molecule has 0 aromatic carbocycles. The van der Waals surface area contributed by atoms with Gasteiger partial charge in [0.05, 0.1) is 16.1 Å². The van der Waals surface area contributed by atoms with E-state index in [1.807, 2.05) is 0 Å². The fourth-order valence-corrected chi connectivity index (χ4v) is 3.45. The molecule has 3 heterocycles. The lowest BCUT2D eigenvalue weighted by atomic mass is 10.1. The van der Waals surface area contributed by atoms with Crippen molar-refractivity contribution in [3.8, 4) is 0 Å². The van der Waals surface area contributed by atoms with E-state index in [1.54, 1.807) is 29.9 Å². The Morgan fingerprint density at radius 3 is 3.00 bits per heavy atom. The number of aromatic nitrogens is 2. The summed E-state index contributed by atoms with van der Waals surface area (Å²) in [7, 11) is 1.77. The number of rotatable bonds is 4. The number of likely N-dealkylation sites (tertiary alicyclic amines) is 1. The molecule has 1 aliphatic rings. The Bertz CT molecular complexity index is 743. The van der Waals surface area contributed by atoms with Gasteiger partial charge >= 0.3 is 0 Å². The predicted molar refractivity (Wildman–Crippen MR) is 89.3 cm³/mol. The largest absolute Gasteiger partial charge is 0.330 e. The molecule has 1 fully saturated rings. The van der Waals surface area contributed by atoms with Crippen LogP contribution in [0.25, 0.3) is 11.0 Å². The quantitative estimate of drug-likeness (QED) is 0.925. The zero-order valence-corrected chi connectivity index (χ0v) is 13.5. The fraction of sp³-hybridized carbons (Fsp3) is 0.500. The second kappa shape index (κ2) is 6.36. The molecule has 118 valence electrons. The smallest absolute Gasteiger partial charge is 0.250 e. The van der Waals surface area contributed by atoms with Gasteiger partial charge in [-0.15, -0.1) is 0 Å². The van der Waals surface area contributed by atoms with Crippen molar-refractivity contribution in [2.24, 2.45) is 18.7 Å². The van der Waals surface area contributed by atoms with Gasteiger partial charge in [0, 0.05) is 32.4 Å². The van der Waals surface area contributed by atoms with Crippen LogP contribution in [0.4, 0.5) is 0 Å². The Labute approximate surface area is 134 Å². The van der Waals surface area contributed by atoms with Crippen LogP contribution in [0.1, 0.15) is 12.0 Å². The minimum absolute atomic E-state index is 0.0396. The molecule has 2 aromatic rings. The third kappa shape index (κ3) is 2.89. The second-order valence-corrected chi connectivity index (χ2v) is 6.40. The Hall–Kier alpha value is -1.43. The molecule has 0 spiro atoms. The average molecular weight is 321 g/mol. The van der Waals surface area contributed by atoms with Crippen molar-refractivity contribution in [2.75, 3.05) is 26.2 Å². The van der Waals surface area contributed by atoms with Crippen LogP contribution in [0.3, 0.4) is 0 Å². The number of fused-ring (bicyclic) bond motifs is 1. The lowest BCUT2D eigenvalue weighted by Gasteiger charge is -2.17. The first-order valence-electron chi connectivity index (χ1n) is 7.65. The van der Waals surface area contributed by atoms with Crippen molar-refractivity contribution < 1.29 is 0 Å². The van der Waals surface area contributed by atoms with Crippen molar-refractivity contribution >= 4 is 22.6 Å². The van der Waals surface area contributed by atoms with Crippen LogP contribution in [0.2, 0.25) is 5.02 Å². The number of nitrogens with two attached hydrogens (primary N) is 1. The number of aryl methyl sites for hydroxylation is 1. The average Bonchev–Trinajstić information content (AvgIpc) is 2.98. The highest BCUT2D eigenvalue weighted by atomic mass is 35.5. The molecule has 2 aromatic heterocycles. The van der Waals surface area contributed by atoms with E-state index in [4.69, 9.17) is 17.3 Å². The van der Waals surface area contributed by atoms with Gasteiger partial charge in [0.1, 0.15) is 0 Å². The highest BCUT2D eigenvalue weighted by Crippen LogP contribution is 2.24. The minimum Gasteiger partial charge on any atom is -0.330 e. The molecule has 0 aliphatic carbocycles. The summed E-state index contributed by atoms with van der Waals surface area (Å²) in [4.78, 5) is 18.7. The molecule has 3 rings (SSSR count). The summed E-state index contributed by atoms with van der Waals surface area (Å²) in [6.45, 7) is 3.82. The molecular formula is C16H21ClN4O. The van der Waals surface area contributed by atoms with Crippen molar-refractivity contribution in [1.82, 2.24) is 14.5 Å². The molecule has 1 atom stereocenters. The van der Waals surface area contributed by atoms with Crippen molar-refractivity contribution in [2.45, 2.75) is 12.8 Å². The molecule has 0 saturated carbocycles. The van der Waals surface area contributed by atoms with E-state index in [0.29, 0.717) is 10.9 Å². The molecule has 5 nitrogen and oxygen atoms in total. The Morgan fingerprint density at radius 1 is 1.45 bits per heavy atom. The third-order valence-corrected chi connectivity index (χ3v) is 4.89. The summed E-state index contributed by atoms with van der Waals surface area (Å²) in [5.41, 5.74) is 8.36.